The number of ether oxygens (including phenoxy) is 1. The summed E-state index contributed by atoms with van der Waals surface area (Å²) in [6.45, 7) is 8.41. The van der Waals surface area contributed by atoms with Gasteiger partial charge in [0, 0.05) is 19.7 Å². The van der Waals surface area contributed by atoms with Gasteiger partial charge in [-0.05, 0) is 56.4 Å². The number of hydrogen-bond acceptors (Lipinski definition) is 3. The number of nitrogens with zero attached hydrogens (tertiary/aromatic N) is 1. The lowest BCUT2D eigenvalue weighted by Crippen LogP contribution is -2.40. The first-order valence-electron chi connectivity index (χ1n) is 7.91. The minimum absolute atomic E-state index is 0.108. The zero-order valence-electron chi connectivity index (χ0n) is 12.9. The third-order valence-electron chi connectivity index (χ3n) is 4.69. The summed E-state index contributed by atoms with van der Waals surface area (Å²) in [5.74, 6) is 1.28. The van der Waals surface area contributed by atoms with Gasteiger partial charge in [-0.15, -0.1) is 0 Å². The van der Waals surface area contributed by atoms with Crippen LogP contribution >= 0.6 is 0 Å². The molecule has 2 unspecified atom stereocenters. The Balaban J connectivity index is 1.63. The maximum atomic E-state index is 10.1. The average Bonchev–Trinajstić information content (AvgIpc) is 3.13. The molecule has 19 heavy (non-hydrogen) atoms. The highest BCUT2D eigenvalue weighted by Gasteiger charge is 2.34. The monoisotopic (exact) mass is 269 g/mol. The molecule has 0 aromatic heterocycles. The second-order valence-corrected chi connectivity index (χ2v) is 7.51. The normalized spacial score (nSPS) is 30.8. The first kappa shape index (κ1) is 15.3. The van der Waals surface area contributed by atoms with Crippen molar-refractivity contribution in [1.29, 1.82) is 0 Å². The molecule has 0 aromatic rings. The fourth-order valence-electron chi connectivity index (χ4n) is 3.15. The van der Waals surface area contributed by atoms with Gasteiger partial charge < -0.3 is 14.7 Å². The highest BCUT2D eigenvalue weighted by Crippen LogP contribution is 2.38. The van der Waals surface area contributed by atoms with E-state index < -0.39 is 0 Å². The van der Waals surface area contributed by atoms with E-state index in [0.29, 0.717) is 11.3 Å². The van der Waals surface area contributed by atoms with E-state index in [-0.39, 0.29) is 6.10 Å². The van der Waals surface area contributed by atoms with E-state index in [9.17, 15) is 5.11 Å². The topological polar surface area (TPSA) is 32.7 Å². The van der Waals surface area contributed by atoms with Gasteiger partial charge in [-0.3, -0.25) is 0 Å². The smallest absolute Gasteiger partial charge is 0.0593 e. The van der Waals surface area contributed by atoms with Gasteiger partial charge in [-0.1, -0.05) is 13.8 Å². The van der Waals surface area contributed by atoms with Crippen LogP contribution in [0.15, 0.2) is 0 Å². The Morgan fingerprint density at radius 3 is 2.68 bits per heavy atom. The average molecular weight is 269 g/mol. The molecule has 3 heteroatoms. The number of likely N-dealkylation sites (N-methyl/N-ethyl adjacent to an activating group) is 1. The van der Waals surface area contributed by atoms with Crippen LogP contribution < -0.4 is 0 Å². The minimum Gasteiger partial charge on any atom is -0.393 e. The Morgan fingerprint density at radius 2 is 2.00 bits per heavy atom. The van der Waals surface area contributed by atoms with Crippen LogP contribution in [0.3, 0.4) is 0 Å². The van der Waals surface area contributed by atoms with Crippen molar-refractivity contribution in [2.24, 2.45) is 17.3 Å². The van der Waals surface area contributed by atoms with E-state index in [0.717, 1.165) is 51.5 Å². The summed E-state index contributed by atoms with van der Waals surface area (Å²) in [5, 5.41) is 10.1. The summed E-state index contributed by atoms with van der Waals surface area (Å²) < 4.78 is 5.68. The summed E-state index contributed by atoms with van der Waals surface area (Å²) in [6.07, 6.45) is 5.87. The summed E-state index contributed by atoms with van der Waals surface area (Å²) in [5.41, 5.74) is 0.396. The minimum atomic E-state index is -0.108. The third-order valence-corrected chi connectivity index (χ3v) is 4.69. The van der Waals surface area contributed by atoms with Crippen molar-refractivity contribution in [3.8, 4) is 0 Å². The van der Waals surface area contributed by atoms with Gasteiger partial charge in [-0.2, -0.15) is 0 Å². The van der Waals surface area contributed by atoms with Gasteiger partial charge in [0.1, 0.15) is 0 Å². The summed E-state index contributed by atoms with van der Waals surface area (Å²) in [7, 11) is 2.15. The van der Waals surface area contributed by atoms with Gasteiger partial charge in [0.25, 0.3) is 0 Å². The highest BCUT2D eigenvalue weighted by atomic mass is 16.5. The lowest BCUT2D eigenvalue weighted by atomic mass is 9.71. The predicted octanol–water partition coefficient (Wildman–Crippen LogP) is 2.53. The molecule has 0 aromatic carbocycles. The van der Waals surface area contributed by atoms with E-state index in [1.165, 1.54) is 12.8 Å². The van der Waals surface area contributed by atoms with Crippen molar-refractivity contribution in [1.82, 2.24) is 4.90 Å². The molecule has 2 saturated carbocycles. The standard InChI is InChI=1S/C16H31NO2/c1-16(2)7-6-15(18)14(10-16)11-17(3)8-9-19-12-13-4-5-13/h13-15,18H,4-12H2,1-3H3. The number of rotatable bonds is 7. The van der Waals surface area contributed by atoms with Gasteiger partial charge in [-0.25, -0.2) is 0 Å². The lowest BCUT2D eigenvalue weighted by Gasteiger charge is -2.40. The second kappa shape index (κ2) is 6.55. The van der Waals surface area contributed by atoms with Crippen molar-refractivity contribution < 1.29 is 9.84 Å². The lowest BCUT2D eigenvalue weighted by molar-refractivity contribution is 0.00348. The molecule has 0 heterocycles. The molecule has 2 fully saturated rings. The van der Waals surface area contributed by atoms with Crippen molar-refractivity contribution in [2.75, 3.05) is 33.4 Å². The van der Waals surface area contributed by atoms with Gasteiger partial charge in [0.2, 0.25) is 0 Å². The predicted molar refractivity (Wildman–Crippen MR) is 78.2 cm³/mol. The van der Waals surface area contributed by atoms with E-state index in [1.54, 1.807) is 0 Å². The largest absolute Gasteiger partial charge is 0.393 e. The molecular formula is C16H31NO2. The second-order valence-electron chi connectivity index (χ2n) is 7.51. The fraction of sp³-hybridized carbons (Fsp3) is 1.00. The first-order valence-corrected chi connectivity index (χ1v) is 7.91. The molecule has 0 radical (unpaired) electrons. The van der Waals surface area contributed by atoms with Crippen molar-refractivity contribution in [2.45, 2.75) is 52.1 Å². The fourth-order valence-corrected chi connectivity index (χ4v) is 3.15. The van der Waals surface area contributed by atoms with Crippen molar-refractivity contribution >= 4 is 0 Å². The van der Waals surface area contributed by atoms with E-state index in [4.69, 9.17) is 4.74 Å². The van der Waals surface area contributed by atoms with Gasteiger partial charge in [0.05, 0.1) is 12.7 Å². The van der Waals surface area contributed by atoms with Crippen LogP contribution in [0.4, 0.5) is 0 Å². The van der Waals surface area contributed by atoms with Crippen LogP contribution in [0.2, 0.25) is 0 Å². The molecule has 0 aliphatic heterocycles. The molecule has 2 rings (SSSR count). The van der Waals surface area contributed by atoms with Gasteiger partial charge in [0.15, 0.2) is 0 Å². The maximum absolute atomic E-state index is 10.1. The molecule has 3 nitrogen and oxygen atoms in total. The molecule has 112 valence electrons. The molecule has 0 amide bonds. The number of aliphatic hydroxyl groups is 1. The Bertz CT molecular complexity index is 276. The van der Waals surface area contributed by atoms with E-state index in [1.807, 2.05) is 0 Å². The van der Waals surface area contributed by atoms with Crippen molar-refractivity contribution in [3.05, 3.63) is 0 Å². The quantitative estimate of drug-likeness (QED) is 0.721. The zero-order chi connectivity index (χ0) is 13.9. The van der Waals surface area contributed by atoms with Crippen LogP contribution in [0.1, 0.15) is 46.0 Å². The summed E-state index contributed by atoms with van der Waals surface area (Å²) in [4.78, 5) is 2.32. The molecule has 1 N–H and O–H groups in total. The molecule has 2 atom stereocenters. The maximum Gasteiger partial charge on any atom is 0.0593 e. The zero-order valence-corrected chi connectivity index (χ0v) is 12.9. The molecule has 0 bridgehead atoms. The van der Waals surface area contributed by atoms with Crippen LogP contribution in [0.5, 0.6) is 0 Å². The molecule has 2 aliphatic rings. The van der Waals surface area contributed by atoms with Crippen LogP contribution in [0.25, 0.3) is 0 Å². The summed E-state index contributed by atoms with van der Waals surface area (Å²) in [6, 6.07) is 0. The first-order chi connectivity index (χ1) is 8.96. The third kappa shape index (κ3) is 5.41. The Morgan fingerprint density at radius 1 is 1.26 bits per heavy atom. The van der Waals surface area contributed by atoms with Crippen LogP contribution in [0, 0.1) is 17.3 Å². The SMILES string of the molecule is CN(CCOCC1CC1)CC1CC(C)(C)CCC1O. The number of hydrogen-bond donors (Lipinski definition) is 1. The van der Waals surface area contributed by atoms with Gasteiger partial charge >= 0.3 is 0 Å². The van der Waals surface area contributed by atoms with Crippen LogP contribution in [-0.2, 0) is 4.74 Å². The van der Waals surface area contributed by atoms with E-state index >= 15 is 0 Å². The molecule has 2 aliphatic carbocycles. The molecule has 0 saturated heterocycles. The Hall–Kier alpha value is -0.120. The highest BCUT2D eigenvalue weighted by molar-refractivity contribution is 4.86. The Labute approximate surface area is 118 Å². The van der Waals surface area contributed by atoms with E-state index in [2.05, 4.69) is 25.8 Å². The molecule has 0 spiro atoms. The van der Waals surface area contributed by atoms with Crippen LogP contribution in [-0.4, -0.2) is 49.5 Å². The summed E-state index contributed by atoms with van der Waals surface area (Å²) >= 11 is 0. The van der Waals surface area contributed by atoms with Crippen molar-refractivity contribution in [3.63, 3.8) is 0 Å². The molecular weight excluding hydrogens is 238 g/mol. The number of aliphatic hydroxyl groups excluding tert-OH is 1. The Kier molecular flexibility index (Phi) is 5.27.